The van der Waals surface area contributed by atoms with Crippen LogP contribution in [0.2, 0.25) is 0 Å². The van der Waals surface area contributed by atoms with E-state index in [0.717, 1.165) is 26.1 Å². The van der Waals surface area contributed by atoms with E-state index in [1.165, 1.54) is 25.7 Å². The molecular weight excluding hydrogens is 198 g/mol. The summed E-state index contributed by atoms with van der Waals surface area (Å²) in [6, 6.07) is 2.16. The van der Waals surface area contributed by atoms with Crippen molar-refractivity contribution >= 4 is 0 Å². The van der Waals surface area contributed by atoms with E-state index in [2.05, 4.69) is 24.8 Å². The van der Waals surface area contributed by atoms with Crippen LogP contribution >= 0.6 is 0 Å². The third-order valence-corrected chi connectivity index (χ3v) is 2.86. The Kier molecular flexibility index (Phi) is 8.23. The van der Waals surface area contributed by atoms with Crippen molar-refractivity contribution in [3.8, 4) is 6.07 Å². The predicted octanol–water partition coefficient (Wildman–Crippen LogP) is 2.52. The highest BCUT2D eigenvalue weighted by atomic mass is 15.1. The van der Waals surface area contributed by atoms with Crippen molar-refractivity contribution in [2.24, 2.45) is 5.73 Å². The van der Waals surface area contributed by atoms with Gasteiger partial charge in [0, 0.05) is 6.54 Å². The monoisotopic (exact) mass is 225 g/mol. The first kappa shape index (κ1) is 15.4. The third kappa shape index (κ3) is 7.67. The van der Waals surface area contributed by atoms with E-state index in [1.54, 1.807) is 0 Å². The van der Waals surface area contributed by atoms with E-state index in [4.69, 9.17) is 11.0 Å². The molecule has 16 heavy (non-hydrogen) atoms. The summed E-state index contributed by atoms with van der Waals surface area (Å²) in [5, 5.41) is 8.87. The fourth-order valence-corrected chi connectivity index (χ4v) is 1.55. The van der Waals surface area contributed by atoms with E-state index in [9.17, 15) is 0 Å². The average molecular weight is 225 g/mol. The minimum absolute atomic E-state index is 0.670. The Morgan fingerprint density at radius 2 is 1.62 bits per heavy atom. The summed E-state index contributed by atoms with van der Waals surface area (Å²) in [5.74, 6) is 0. The smallest absolute Gasteiger partial charge is 0.102 e. The molecule has 0 aromatic heterocycles. The van der Waals surface area contributed by atoms with Crippen LogP contribution in [0.25, 0.3) is 0 Å². The molecule has 3 nitrogen and oxygen atoms in total. The van der Waals surface area contributed by atoms with Crippen molar-refractivity contribution in [3.05, 3.63) is 0 Å². The molecule has 0 spiro atoms. The molecule has 0 aromatic rings. The molecule has 0 rings (SSSR count). The number of hydrogen-bond donors (Lipinski definition) is 1. The Morgan fingerprint density at radius 1 is 1.12 bits per heavy atom. The molecule has 0 aliphatic rings. The Labute approximate surface area is 101 Å². The molecule has 0 aromatic carbocycles. The van der Waals surface area contributed by atoms with Gasteiger partial charge in [-0.15, -0.1) is 0 Å². The number of rotatable bonds is 9. The molecule has 0 aliphatic heterocycles. The summed E-state index contributed by atoms with van der Waals surface area (Å²) >= 11 is 0. The topological polar surface area (TPSA) is 53.0 Å². The molecule has 0 saturated heterocycles. The van der Waals surface area contributed by atoms with E-state index >= 15 is 0 Å². The van der Waals surface area contributed by atoms with E-state index < -0.39 is 5.54 Å². The minimum Gasteiger partial charge on any atom is -0.314 e. The molecule has 1 atom stereocenters. The van der Waals surface area contributed by atoms with Gasteiger partial charge >= 0.3 is 0 Å². The van der Waals surface area contributed by atoms with Crippen molar-refractivity contribution in [2.45, 2.75) is 58.4 Å². The standard InChI is InChI=1S/C13H27N3/c1-4-6-9-16(10-7-5-2)11-8-13(3,15)12-14/h4-11,15H2,1-3H3. The first-order chi connectivity index (χ1) is 7.55. The summed E-state index contributed by atoms with van der Waals surface area (Å²) in [7, 11) is 0. The van der Waals surface area contributed by atoms with Crippen LogP contribution in [-0.2, 0) is 0 Å². The van der Waals surface area contributed by atoms with Gasteiger partial charge in [0.1, 0.15) is 5.54 Å². The lowest BCUT2D eigenvalue weighted by atomic mass is 10.0. The van der Waals surface area contributed by atoms with Gasteiger partial charge in [0.15, 0.2) is 0 Å². The van der Waals surface area contributed by atoms with Gasteiger partial charge in [0.2, 0.25) is 0 Å². The summed E-state index contributed by atoms with van der Waals surface area (Å²) < 4.78 is 0. The van der Waals surface area contributed by atoms with Gasteiger partial charge in [-0.05, 0) is 39.3 Å². The van der Waals surface area contributed by atoms with Crippen LogP contribution in [0.15, 0.2) is 0 Å². The molecule has 1 unspecified atom stereocenters. The molecule has 0 bridgehead atoms. The maximum absolute atomic E-state index is 8.87. The normalized spacial score (nSPS) is 14.8. The zero-order chi connectivity index (χ0) is 12.4. The summed E-state index contributed by atoms with van der Waals surface area (Å²) in [5.41, 5.74) is 5.16. The summed E-state index contributed by atoms with van der Waals surface area (Å²) in [6.45, 7) is 9.45. The van der Waals surface area contributed by atoms with Gasteiger partial charge in [-0.3, -0.25) is 0 Å². The van der Waals surface area contributed by atoms with E-state index in [1.807, 2.05) is 6.92 Å². The van der Waals surface area contributed by atoms with E-state index in [0.29, 0.717) is 0 Å². The van der Waals surface area contributed by atoms with Gasteiger partial charge in [-0.2, -0.15) is 5.26 Å². The maximum atomic E-state index is 8.87. The zero-order valence-corrected chi connectivity index (χ0v) is 11.1. The second-order valence-corrected chi connectivity index (χ2v) is 4.83. The van der Waals surface area contributed by atoms with Crippen molar-refractivity contribution in [3.63, 3.8) is 0 Å². The fourth-order valence-electron chi connectivity index (χ4n) is 1.55. The molecule has 0 fully saturated rings. The number of nitriles is 1. The number of unbranched alkanes of at least 4 members (excludes halogenated alkanes) is 2. The molecule has 94 valence electrons. The summed E-state index contributed by atoms with van der Waals surface area (Å²) in [4.78, 5) is 2.44. The largest absolute Gasteiger partial charge is 0.314 e. The third-order valence-electron chi connectivity index (χ3n) is 2.86. The van der Waals surface area contributed by atoms with Gasteiger partial charge in [-0.25, -0.2) is 0 Å². The molecule has 3 heteroatoms. The molecule has 0 radical (unpaired) electrons. The first-order valence-corrected chi connectivity index (χ1v) is 6.48. The second-order valence-electron chi connectivity index (χ2n) is 4.83. The second kappa shape index (κ2) is 8.55. The molecule has 2 N–H and O–H groups in total. The van der Waals surface area contributed by atoms with Crippen LogP contribution in [0.3, 0.4) is 0 Å². The number of hydrogen-bond acceptors (Lipinski definition) is 3. The van der Waals surface area contributed by atoms with Crippen molar-refractivity contribution in [1.29, 1.82) is 5.26 Å². The Balaban J connectivity index is 3.95. The van der Waals surface area contributed by atoms with E-state index in [-0.39, 0.29) is 0 Å². The highest BCUT2D eigenvalue weighted by molar-refractivity contribution is 5.01. The molecular formula is C13H27N3. The highest BCUT2D eigenvalue weighted by Gasteiger charge is 2.18. The quantitative estimate of drug-likeness (QED) is 0.656. The fraction of sp³-hybridized carbons (Fsp3) is 0.923. The van der Waals surface area contributed by atoms with Crippen LogP contribution in [-0.4, -0.2) is 30.1 Å². The van der Waals surface area contributed by atoms with Crippen molar-refractivity contribution in [2.75, 3.05) is 19.6 Å². The Hall–Kier alpha value is -0.590. The lowest BCUT2D eigenvalue weighted by Gasteiger charge is -2.25. The lowest BCUT2D eigenvalue weighted by molar-refractivity contribution is 0.248. The first-order valence-electron chi connectivity index (χ1n) is 6.48. The van der Waals surface area contributed by atoms with Crippen molar-refractivity contribution in [1.82, 2.24) is 4.90 Å². The van der Waals surface area contributed by atoms with Gasteiger partial charge < -0.3 is 10.6 Å². The number of nitrogens with zero attached hydrogens (tertiary/aromatic N) is 2. The zero-order valence-electron chi connectivity index (χ0n) is 11.1. The van der Waals surface area contributed by atoms with Crippen LogP contribution in [0.4, 0.5) is 0 Å². The lowest BCUT2D eigenvalue weighted by Crippen LogP contribution is -2.39. The SMILES string of the molecule is CCCCN(CCCC)CCC(C)(N)C#N. The van der Waals surface area contributed by atoms with Crippen molar-refractivity contribution < 1.29 is 0 Å². The Bertz CT molecular complexity index is 198. The van der Waals surface area contributed by atoms with Crippen LogP contribution in [0, 0.1) is 11.3 Å². The minimum atomic E-state index is -0.670. The van der Waals surface area contributed by atoms with Gasteiger partial charge in [0.05, 0.1) is 6.07 Å². The Morgan fingerprint density at radius 3 is 2.00 bits per heavy atom. The average Bonchev–Trinajstić information content (AvgIpc) is 2.28. The maximum Gasteiger partial charge on any atom is 0.102 e. The van der Waals surface area contributed by atoms with Gasteiger partial charge in [0.25, 0.3) is 0 Å². The van der Waals surface area contributed by atoms with Crippen LogP contribution < -0.4 is 5.73 Å². The van der Waals surface area contributed by atoms with Crippen LogP contribution in [0.1, 0.15) is 52.9 Å². The number of nitrogens with two attached hydrogens (primary N) is 1. The summed E-state index contributed by atoms with van der Waals surface area (Å²) in [6.07, 6.45) is 5.67. The molecule has 0 heterocycles. The highest BCUT2D eigenvalue weighted by Crippen LogP contribution is 2.07. The molecule has 0 aliphatic carbocycles. The predicted molar refractivity (Wildman–Crippen MR) is 69.1 cm³/mol. The molecule has 0 amide bonds. The van der Waals surface area contributed by atoms with Gasteiger partial charge in [-0.1, -0.05) is 26.7 Å². The molecule has 0 saturated carbocycles. The van der Waals surface area contributed by atoms with Crippen LogP contribution in [0.5, 0.6) is 0 Å².